The molecule has 0 amide bonds. The Hall–Kier alpha value is -2.09. The zero-order chi connectivity index (χ0) is 15.7. The standard InChI is InChI=1S/C17H20N4O/c1-16(2)13-6-5-11-12(8-18)21(4)20-14(11)17(13,3)7-10-9-19-22-15(10)16/h9,13H,5-7H2,1-4H3/t13-,17-/m0/s1. The van der Waals surface area contributed by atoms with Gasteiger partial charge in [-0.1, -0.05) is 25.9 Å². The molecule has 2 aliphatic rings. The van der Waals surface area contributed by atoms with Gasteiger partial charge in [-0.3, -0.25) is 4.68 Å². The number of aryl methyl sites for hydroxylation is 1. The van der Waals surface area contributed by atoms with E-state index in [9.17, 15) is 5.26 Å². The van der Waals surface area contributed by atoms with Crippen LogP contribution < -0.4 is 0 Å². The van der Waals surface area contributed by atoms with E-state index in [2.05, 4.69) is 32.0 Å². The van der Waals surface area contributed by atoms with Gasteiger partial charge < -0.3 is 4.52 Å². The molecule has 0 spiro atoms. The van der Waals surface area contributed by atoms with Gasteiger partial charge in [-0.2, -0.15) is 10.4 Å². The molecule has 2 heterocycles. The maximum absolute atomic E-state index is 9.43. The molecule has 0 bridgehead atoms. The second-order valence-corrected chi connectivity index (χ2v) is 7.50. The van der Waals surface area contributed by atoms with Crippen molar-refractivity contribution < 1.29 is 4.52 Å². The summed E-state index contributed by atoms with van der Waals surface area (Å²) < 4.78 is 7.32. The number of rotatable bonds is 0. The highest BCUT2D eigenvalue weighted by atomic mass is 16.5. The van der Waals surface area contributed by atoms with Crippen molar-refractivity contribution in [3.05, 3.63) is 34.5 Å². The summed E-state index contributed by atoms with van der Waals surface area (Å²) in [5.74, 6) is 1.46. The number of nitrogens with zero attached hydrogens (tertiary/aromatic N) is 4. The second-order valence-electron chi connectivity index (χ2n) is 7.50. The van der Waals surface area contributed by atoms with E-state index in [0.29, 0.717) is 11.6 Å². The first kappa shape index (κ1) is 13.6. The summed E-state index contributed by atoms with van der Waals surface area (Å²) in [6.45, 7) is 6.79. The fourth-order valence-electron chi connectivity index (χ4n) is 5.01. The average Bonchev–Trinajstić information content (AvgIpc) is 3.03. The molecule has 2 aromatic heterocycles. The van der Waals surface area contributed by atoms with Crippen molar-refractivity contribution in [2.45, 2.75) is 50.9 Å². The summed E-state index contributed by atoms with van der Waals surface area (Å²) in [4.78, 5) is 0. The van der Waals surface area contributed by atoms with Crippen LogP contribution in [0.3, 0.4) is 0 Å². The zero-order valence-corrected chi connectivity index (χ0v) is 13.5. The minimum absolute atomic E-state index is 0.0670. The van der Waals surface area contributed by atoms with Gasteiger partial charge in [-0.25, -0.2) is 0 Å². The monoisotopic (exact) mass is 296 g/mol. The molecule has 0 fully saturated rings. The van der Waals surface area contributed by atoms with Crippen LogP contribution in [0.15, 0.2) is 10.7 Å². The lowest BCUT2D eigenvalue weighted by atomic mass is 9.51. The van der Waals surface area contributed by atoms with Crippen LogP contribution in [0.2, 0.25) is 0 Å². The van der Waals surface area contributed by atoms with Gasteiger partial charge in [0.05, 0.1) is 11.9 Å². The summed E-state index contributed by atoms with van der Waals surface area (Å²) in [6, 6.07) is 2.32. The molecule has 0 radical (unpaired) electrons. The highest BCUT2D eigenvalue weighted by molar-refractivity contribution is 5.46. The quantitative estimate of drug-likeness (QED) is 0.749. The molecule has 2 atom stereocenters. The first-order valence-electron chi connectivity index (χ1n) is 7.80. The molecule has 0 N–H and O–H groups in total. The van der Waals surface area contributed by atoms with E-state index < -0.39 is 0 Å². The van der Waals surface area contributed by atoms with Gasteiger partial charge in [0.1, 0.15) is 17.5 Å². The molecule has 4 rings (SSSR count). The van der Waals surface area contributed by atoms with Gasteiger partial charge in [0.25, 0.3) is 0 Å². The van der Waals surface area contributed by atoms with Crippen LogP contribution in [0, 0.1) is 17.2 Å². The lowest BCUT2D eigenvalue weighted by Gasteiger charge is -2.51. The van der Waals surface area contributed by atoms with E-state index in [-0.39, 0.29) is 10.8 Å². The Morgan fingerprint density at radius 3 is 2.91 bits per heavy atom. The number of nitriles is 1. The summed E-state index contributed by atoms with van der Waals surface area (Å²) in [5, 5.41) is 18.2. The Morgan fingerprint density at radius 2 is 2.18 bits per heavy atom. The Balaban J connectivity index is 1.96. The van der Waals surface area contributed by atoms with E-state index in [0.717, 1.165) is 36.3 Å². The van der Waals surface area contributed by atoms with E-state index in [1.807, 2.05) is 13.2 Å². The lowest BCUT2D eigenvalue weighted by molar-refractivity contribution is 0.109. The van der Waals surface area contributed by atoms with Gasteiger partial charge in [0, 0.05) is 29.0 Å². The van der Waals surface area contributed by atoms with E-state index in [4.69, 9.17) is 9.62 Å². The van der Waals surface area contributed by atoms with E-state index in [1.54, 1.807) is 4.68 Å². The molecule has 0 saturated heterocycles. The SMILES string of the molecule is Cn1nc2c(c1C#N)CC[C@H]1C(C)(C)c3oncc3C[C@]21C. The highest BCUT2D eigenvalue weighted by Crippen LogP contribution is 2.56. The van der Waals surface area contributed by atoms with Crippen molar-refractivity contribution in [2.75, 3.05) is 0 Å². The van der Waals surface area contributed by atoms with Crippen molar-refractivity contribution in [1.82, 2.24) is 14.9 Å². The van der Waals surface area contributed by atoms with Crippen molar-refractivity contribution in [1.29, 1.82) is 5.26 Å². The predicted octanol–water partition coefficient (Wildman–Crippen LogP) is 2.63. The first-order valence-corrected chi connectivity index (χ1v) is 7.80. The maximum Gasteiger partial charge on any atom is 0.145 e. The third-order valence-electron chi connectivity index (χ3n) is 5.90. The third-order valence-corrected chi connectivity index (χ3v) is 5.90. The van der Waals surface area contributed by atoms with Crippen LogP contribution in [-0.4, -0.2) is 14.9 Å². The van der Waals surface area contributed by atoms with Gasteiger partial charge in [-0.15, -0.1) is 0 Å². The number of hydrogen-bond acceptors (Lipinski definition) is 4. The summed E-state index contributed by atoms with van der Waals surface area (Å²) in [6.07, 6.45) is 4.70. The molecule has 2 aliphatic carbocycles. The van der Waals surface area contributed by atoms with E-state index in [1.165, 1.54) is 5.56 Å². The summed E-state index contributed by atoms with van der Waals surface area (Å²) in [5.41, 5.74) is 4.00. The largest absolute Gasteiger partial charge is 0.361 e. The molecule has 0 aliphatic heterocycles. The third kappa shape index (κ3) is 1.43. The van der Waals surface area contributed by atoms with E-state index >= 15 is 0 Å². The lowest BCUT2D eigenvalue weighted by Crippen LogP contribution is -2.51. The maximum atomic E-state index is 9.43. The van der Waals surface area contributed by atoms with Crippen molar-refractivity contribution in [3.63, 3.8) is 0 Å². The first-order chi connectivity index (χ1) is 10.4. The van der Waals surface area contributed by atoms with Crippen LogP contribution in [0.4, 0.5) is 0 Å². The highest BCUT2D eigenvalue weighted by Gasteiger charge is 2.55. The predicted molar refractivity (Wildman–Crippen MR) is 80.3 cm³/mol. The fraction of sp³-hybridized carbons (Fsp3) is 0.588. The van der Waals surface area contributed by atoms with Gasteiger partial charge in [0.15, 0.2) is 0 Å². The van der Waals surface area contributed by atoms with Gasteiger partial charge >= 0.3 is 0 Å². The Labute approximate surface area is 129 Å². The molecular formula is C17H20N4O. The molecular weight excluding hydrogens is 276 g/mol. The zero-order valence-electron chi connectivity index (χ0n) is 13.5. The number of hydrogen-bond donors (Lipinski definition) is 0. The minimum atomic E-state index is -0.0686. The normalized spacial score (nSPS) is 28.4. The smallest absolute Gasteiger partial charge is 0.145 e. The summed E-state index contributed by atoms with van der Waals surface area (Å²) >= 11 is 0. The topological polar surface area (TPSA) is 67.6 Å². The summed E-state index contributed by atoms with van der Waals surface area (Å²) in [7, 11) is 1.87. The average molecular weight is 296 g/mol. The molecule has 5 heteroatoms. The molecule has 0 saturated carbocycles. The fourth-order valence-corrected chi connectivity index (χ4v) is 5.01. The Bertz CT molecular complexity index is 807. The number of fused-ring (bicyclic) bond motifs is 4. The molecule has 114 valence electrons. The van der Waals surface area contributed by atoms with Crippen LogP contribution in [0.25, 0.3) is 0 Å². The molecule has 0 unspecified atom stereocenters. The van der Waals surface area contributed by atoms with Crippen molar-refractivity contribution >= 4 is 0 Å². The van der Waals surface area contributed by atoms with Crippen molar-refractivity contribution in [3.8, 4) is 6.07 Å². The second kappa shape index (κ2) is 4.01. The van der Waals surface area contributed by atoms with Gasteiger partial charge in [0.2, 0.25) is 0 Å². The number of aromatic nitrogens is 3. The molecule has 22 heavy (non-hydrogen) atoms. The van der Waals surface area contributed by atoms with Gasteiger partial charge in [-0.05, 0) is 25.2 Å². The Morgan fingerprint density at radius 1 is 1.41 bits per heavy atom. The van der Waals surface area contributed by atoms with Crippen LogP contribution in [0.5, 0.6) is 0 Å². The van der Waals surface area contributed by atoms with Crippen LogP contribution in [-0.2, 0) is 30.7 Å². The molecule has 5 nitrogen and oxygen atoms in total. The van der Waals surface area contributed by atoms with Crippen LogP contribution >= 0.6 is 0 Å². The molecule has 2 aromatic rings. The molecule has 0 aromatic carbocycles. The van der Waals surface area contributed by atoms with Crippen molar-refractivity contribution in [2.24, 2.45) is 13.0 Å². The van der Waals surface area contributed by atoms with Crippen LogP contribution in [0.1, 0.15) is 55.5 Å². The minimum Gasteiger partial charge on any atom is -0.361 e. The Kier molecular flexibility index (Phi) is 2.47.